The number of alkyl halides is 2. The van der Waals surface area contributed by atoms with Gasteiger partial charge in [-0.1, -0.05) is 0 Å². The molecule has 0 N–H and O–H groups in total. The molecular formula is C3H7F2NO3. The van der Waals surface area contributed by atoms with E-state index in [-0.39, 0.29) is 5.39 Å². The van der Waals surface area contributed by atoms with Crippen molar-refractivity contribution in [2.24, 2.45) is 0 Å². The third-order valence-corrected chi connectivity index (χ3v) is 0.464. The molecule has 4 nitrogen and oxygen atoms in total. The third-order valence-electron chi connectivity index (χ3n) is 0.464. The first-order chi connectivity index (χ1) is 4.20. The molecule has 0 bridgehead atoms. The Labute approximate surface area is 50.8 Å². The predicted molar refractivity (Wildman–Crippen MR) is 22.9 cm³/mol. The number of halogens is 2. The molecule has 0 saturated heterocycles. The van der Waals surface area contributed by atoms with Crippen LogP contribution in [0.2, 0.25) is 0 Å². The Morgan fingerprint density at radius 2 is 1.67 bits per heavy atom. The van der Waals surface area contributed by atoms with Gasteiger partial charge in [-0.2, -0.15) is 13.6 Å². The molecule has 0 aliphatic rings. The normalized spacial score (nSPS) is 11.3. The summed E-state index contributed by atoms with van der Waals surface area (Å²) in [7, 11) is 2.26. The SMILES string of the molecule is CON(OC)OC(F)F. The van der Waals surface area contributed by atoms with Gasteiger partial charge in [0.05, 0.1) is 19.6 Å². The van der Waals surface area contributed by atoms with E-state index in [0.717, 1.165) is 14.2 Å². The highest BCUT2D eigenvalue weighted by atomic mass is 19.3. The molecule has 0 fully saturated rings. The quantitative estimate of drug-likeness (QED) is 0.538. The first-order valence-corrected chi connectivity index (χ1v) is 2.04. The smallest absolute Gasteiger partial charge is 0.254 e. The molecule has 0 spiro atoms. The Balaban J connectivity index is 3.31. The molecule has 0 amide bonds. The number of hydrogen-bond donors (Lipinski definition) is 0. The van der Waals surface area contributed by atoms with Crippen molar-refractivity contribution in [2.75, 3.05) is 14.2 Å². The summed E-state index contributed by atoms with van der Waals surface area (Å²) >= 11 is 0. The molecule has 0 aromatic rings. The Morgan fingerprint density at radius 1 is 1.22 bits per heavy atom. The second-order valence-electron chi connectivity index (χ2n) is 0.955. The molecular weight excluding hydrogens is 136 g/mol. The highest BCUT2D eigenvalue weighted by Crippen LogP contribution is 1.99. The van der Waals surface area contributed by atoms with Crippen molar-refractivity contribution in [3.05, 3.63) is 0 Å². The van der Waals surface area contributed by atoms with Gasteiger partial charge in [-0.25, -0.2) is 0 Å². The van der Waals surface area contributed by atoms with E-state index in [2.05, 4.69) is 14.5 Å². The van der Waals surface area contributed by atoms with Gasteiger partial charge in [0.2, 0.25) is 0 Å². The van der Waals surface area contributed by atoms with E-state index in [1.165, 1.54) is 0 Å². The summed E-state index contributed by atoms with van der Waals surface area (Å²) < 4.78 is 22.5. The maximum absolute atomic E-state index is 11.2. The molecule has 0 heterocycles. The van der Waals surface area contributed by atoms with Crippen LogP contribution in [0.1, 0.15) is 0 Å². The van der Waals surface area contributed by atoms with Gasteiger partial charge in [0.15, 0.2) is 0 Å². The molecule has 56 valence electrons. The van der Waals surface area contributed by atoms with Crippen molar-refractivity contribution in [2.45, 2.75) is 6.61 Å². The van der Waals surface area contributed by atoms with Gasteiger partial charge in [-0.3, -0.25) is 9.68 Å². The maximum atomic E-state index is 11.2. The van der Waals surface area contributed by atoms with Crippen LogP contribution in [-0.4, -0.2) is 26.2 Å². The lowest BCUT2D eigenvalue weighted by atomic mass is 11.5. The van der Waals surface area contributed by atoms with Crippen molar-refractivity contribution in [3.8, 4) is 0 Å². The molecule has 9 heavy (non-hydrogen) atoms. The zero-order chi connectivity index (χ0) is 7.28. The van der Waals surface area contributed by atoms with Gasteiger partial charge in [-0.15, -0.1) is 0 Å². The van der Waals surface area contributed by atoms with Crippen LogP contribution in [0.25, 0.3) is 0 Å². The van der Waals surface area contributed by atoms with Crippen LogP contribution in [0.3, 0.4) is 0 Å². The van der Waals surface area contributed by atoms with Gasteiger partial charge in [0.1, 0.15) is 0 Å². The van der Waals surface area contributed by atoms with E-state index in [0.29, 0.717) is 0 Å². The topological polar surface area (TPSA) is 30.9 Å². The molecule has 6 heteroatoms. The monoisotopic (exact) mass is 143 g/mol. The average Bonchev–Trinajstić information content (AvgIpc) is 1.82. The lowest BCUT2D eigenvalue weighted by Gasteiger charge is -2.12. The fourth-order valence-corrected chi connectivity index (χ4v) is 0.226. The van der Waals surface area contributed by atoms with E-state index in [1.807, 2.05) is 0 Å². The third kappa shape index (κ3) is 4.22. The van der Waals surface area contributed by atoms with E-state index in [1.54, 1.807) is 0 Å². The zero-order valence-corrected chi connectivity index (χ0v) is 5.01. The highest BCUT2D eigenvalue weighted by Gasteiger charge is 2.09. The molecule has 0 saturated carbocycles. The van der Waals surface area contributed by atoms with Gasteiger partial charge in [0.25, 0.3) is 0 Å². The van der Waals surface area contributed by atoms with Crippen molar-refractivity contribution < 1.29 is 23.3 Å². The predicted octanol–water partition coefficient (Wildman–Crippen LogP) is 0.565. The van der Waals surface area contributed by atoms with Gasteiger partial charge in [-0.05, 0) is 0 Å². The average molecular weight is 143 g/mol. The molecule has 0 aliphatic carbocycles. The molecule has 0 aromatic carbocycles. The molecule has 0 aliphatic heterocycles. The number of nitrogens with zero attached hydrogens (tertiary/aromatic N) is 1. The Morgan fingerprint density at radius 3 is 1.78 bits per heavy atom. The van der Waals surface area contributed by atoms with Crippen LogP contribution in [-0.2, 0) is 14.5 Å². The van der Waals surface area contributed by atoms with Gasteiger partial charge in [0, 0.05) is 0 Å². The van der Waals surface area contributed by atoms with Crippen LogP contribution < -0.4 is 0 Å². The Bertz CT molecular complexity index is 68.1. The Kier molecular flexibility index (Phi) is 4.41. The van der Waals surface area contributed by atoms with Crippen LogP contribution in [0.5, 0.6) is 0 Å². The summed E-state index contributed by atoms with van der Waals surface area (Å²) in [6.45, 7) is -2.94. The van der Waals surface area contributed by atoms with E-state index < -0.39 is 6.61 Å². The second kappa shape index (κ2) is 4.57. The number of hydrogen-bond acceptors (Lipinski definition) is 4. The van der Waals surface area contributed by atoms with Crippen molar-refractivity contribution >= 4 is 0 Å². The molecule has 0 radical (unpaired) electrons. The summed E-state index contributed by atoms with van der Waals surface area (Å²) in [5, 5.41) is 0.199. The lowest BCUT2D eigenvalue weighted by molar-refractivity contribution is -0.542. The fourth-order valence-electron chi connectivity index (χ4n) is 0.226. The van der Waals surface area contributed by atoms with Crippen LogP contribution >= 0.6 is 0 Å². The van der Waals surface area contributed by atoms with E-state index in [4.69, 9.17) is 0 Å². The molecule has 0 atom stereocenters. The van der Waals surface area contributed by atoms with Crippen molar-refractivity contribution in [3.63, 3.8) is 0 Å². The molecule has 0 unspecified atom stereocenters. The first kappa shape index (κ1) is 8.70. The summed E-state index contributed by atoms with van der Waals surface area (Å²) in [6.07, 6.45) is 0. The minimum atomic E-state index is -2.94. The van der Waals surface area contributed by atoms with E-state index >= 15 is 0 Å². The van der Waals surface area contributed by atoms with Gasteiger partial charge < -0.3 is 0 Å². The molecule has 0 aromatic heterocycles. The maximum Gasteiger partial charge on any atom is 0.364 e. The first-order valence-electron chi connectivity index (χ1n) is 2.04. The summed E-state index contributed by atoms with van der Waals surface area (Å²) in [5.74, 6) is 0. The van der Waals surface area contributed by atoms with Gasteiger partial charge >= 0.3 is 6.61 Å². The van der Waals surface area contributed by atoms with Crippen molar-refractivity contribution in [1.29, 1.82) is 0 Å². The summed E-state index contributed by atoms with van der Waals surface area (Å²) in [6, 6.07) is 0. The lowest BCUT2D eigenvalue weighted by Crippen LogP contribution is -2.23. The van der Waals surface area contributed by atoms with Crippen molar-refractivity contribution in [1.82, 2.24) is 5.39 Å². The van der Waals surface area contributed by atoms with Crippen LogP contribution in [0.15, 0.2) is 0 Å². The Hall–Kier alpha value is -0.300. The molecule has 0 rings (SSSR count). The standard InChI is InChI=1S/C3H7F2NO3/c1-7-6(8-2)9-3(4)5/h3H,1-2H3. The highest BCUT2D eigenvalue weighted by molar-refractivity contribution is 3.95. The second-order valence-corrected chi connectivity index (χ2v) is 0.955. The van der Waals surface area contributed by atoms with E-state index in [9.17, 15) is 8.78 Å². The summed E-state index contributed by atoms with van der Waals surface area (Å²) in [4.78, 5) is 11.8. The summed E-state index contributed by atoms with van der Waals surface area (Å²) in [5.41, 5.74) is 0. The zero-order valence-electron chi connectivity index (χ0n) is 5.01. The minimum absolute atomic E-state index is 0.199. The number of rotatable bonds is 4. The largest absolute Gasteiger partial charge is 0.364 e. The van der Waals surface area contributed by atoms with Crippen LogP contribution in [0.4, 0.5) is 8.78 Å². The van der Waals surface area contributed by atoms with Crippen LogP contribution in [0, 0.1) is 0 Å². The minimum Gasteiger partial charge on any atom is -0.254 e. The fraction of sp³-hybridized carbons (Fsp3) is 1.00.